The maximum atomic E-state index is 13.3. The summed E-state index contributed by atoms with van der Waals surface area (Å²) in [6, 6.07) is 4.93. The lowest BCUT2D eigenvalue weighted by molar-refractivity contribution is -0.137. The zero-order valence-electron chi connectivity index (χ0n) is 22.1. The van der Waals surface area contributed by atoms with Gasteiger partial charge in [-0.15, -0.1) is 5.48 Å². The number of aliphatic hydroxyl groups is 1. The number of carbonyl (C=O) groups is 2. The van der Waals surface area contributed by atoms with E-state index in [1.54, 1.807) is 43.5 Å². The van der Waals surface area contributed by atoms with Gasteiger partial charge in [0.15, 0.2) is 5.76 Å². The molecule has 0 bridgehead atoms. The first-order valence-electron chi connectivity index (χ1n) is 12.9. The van der Waals surface area contributed by atoms with Crippen LogP contribution < -0.4 is 10.8 Å². The largest absolute Gasteiger partial charge is 0.481 e. The molecule has 2 aliphatic rings. The van der Waals surface area contributed by atoms with Crippen LogP contribution in [0.5, 0.6) is 0 Å². The van der Waals surface area contributed by atoms with Gasteiger partial charge in [0.25, 0.3) is 0 Å². The van der Waals surface area contributed by atoms with Crippen molar-refractivity contribution >= 4 is 23.8 Å². The number of unbranched alkanes of at least 4 members (excludes halogenated alkanes) is 2. The van der Waals surface area contributed by atoms with Crippen molar-refractivity contribution in [2.24, 2.45) is 10.9 Å². The molecule has 40 heavy (non-hydrogen) atoms. The number of nitrogens with one attached hydrogen (secondary N) is 2. The summed E-state index contributed by atoms with van der Waals surface area (Å²) in [5, 5.41) is 22.1. The number of aliphatic carboxylic acids is 1. The van der Waals surface area contributed by atoms with E-state index in [4.69, 9.17) is 9.94 Å². The Morgan fingerprint density at radius 3 is 2.73 bits per heavy atom. The summed E-state index contributed by atoms with van der Waals surface area (Å²) in [4.78, 5) is 32.9. The highest BCUT2D eigenvalue weighted by Gasteiger charge is 2.29. The van der Waals surface area contributed by atoms with Gasteiger partial charge >= 0.3 is 5.97 Å². The van der Waals surface area contributed by atoms with E-state index in [1.807, 2.05) is 0 Å². The van der Waals surface area contributed by atoms with Gasteiger partial charge < -0.3 is 20.4 Å². The average molecular weight is 554 g/mol. The van der Waals surface area contributed by atoms with Gasteiger partial charge in [-0.3, -0.25) is 14.6 Å². The van der Waals surface area contributed by atoms with Gasteiger partial charge in [0.2, 0.25) is 5.91 Å². The molecule has 0 spiro atoms. The van der Waals surface area contributed by atoms with Crippen LogP contribution >= 0.6 is 0 Å². The highest BCUT2D eigenvalue weighted by molar-refractivity contribution is 5.99. The third kappa shape index (κ3) is 10.2. The molecule has 1 heterocycles. The molecule has 3 unspecified atom stereocenters. The number of nitrogens with zero attached hydrogens (tertiary/aromatic N) is 1. The molecule has 3 rings (SSSR count). The number of benzene rings is 1. The fourth-order valence-corrected chi connectivity index (χ4v) is 3.95. The summed E-state index contributed by atoms with van der Waals surface area (Å²) in [5.41, 5.74) is 4.65. The van der Waals surface area contributed by atoms with Gasteiger partial charge in [-0.25, -0.2) is 8.78 Å². The number of hydrogen-bond acceptors (Lipinski definition) is 6. The molecule has 212 valence electrons. The van der Waals surface area contributed by atoms with E-state index >= 15 is 0 Å². The summed E-state index contributed by atoms with van der Waals surface area (Å²) in [6.07, 6.45) is 15.5. The number of hydroxylamine groups is 1. The smallest absolute Gasteiger partial charge is 0.303 e. The molecular weight excluding hydrogens is 520 g/mol. The lowest BCUT2D eigenvalue weighted by Gasteiger charge is -2.20. The van der Waals surface area contributed by atoms with Crippen LogP contribution in [0.1, 0.15) is 39.0 Å². The molecule has 0 saturated heterocycles. The number of aliphatic imine (C=N–C) groups is 1. The quantitative estimate of drug-likeness (QED) is 0.112. The lowest BCUT2D eigenvalue weighted by atomic mass is 9.92. The number of carboxylic acids is 1. The van der Waals surface area contributed by atoms with Gasteiger partial charge in [0.05, 0.1) is 6.04 Å². The molecule has 10 heteroatoms. The zero-order chi connectivity index (χ0) is 28.9. The van der Waals surface area contributed by atoms with Crippen LogP contribution in [0.15, 0.2) is 101 Å². The van der Waals surface area contributed by atoms with Crippen molar-refractivity contribution < 1.29 is 33.4 Å². The molecule has 1 aliphatic carbocycles. The van der Waals surface area contributed by atoms with E-state index in [0.717, 1.165) is 0 Å². The van der Waals surface area contributed by atoms with E-state index < -0.39 is 29.8 Å². The molecule has 1 aliphatic heterocycles. The Hall–Kier alpha value is -4.15. The number of amides is 1. The van der Waals surface area contributed by atoms with Crippen LogP contribution in [0.25, 0.3) is 0 Å². The lowest BCUT2D eigenvalue weighted by Crippen LogP contribution is -2.25. The number of hydrogen-bond donors (Lipinski definition) is 4. The Labute approximate surface area is 231 Å². The summed E-state index contributed by atoms with van der Waals surface area (Å²) >= 11 is 0. The van der Waals surface area contributed by atoms with Crippen molar-refractivity contribution in [3.8, 4) is 0 Å². The Kier molecular flexibility index (Phi) is 11.7. The second kappa shape index (κ2) is 15.4. The first kappa shape index (κ1) is 30.4. The zero-order valence-corrected chi connectivity index (χ0v) is 22.1. The Bertz CT molecular complexity index is 1260. The van der Waals surface area contributed by atoms with Gasteiger partial charge in [-0.05, 0) is 86.7 Å². The number of rotatable bonds is 13. The normalized spacial score (nSPS) is 20.4. The van der Waals surface area contributed by atoms with Crippen LogP contribution in [0.4, 0.5) is 14.5 Å². The van der Waals surface area contributed by atoms with Gasteiger partial charge in [-0.1, -0.05) is 18.2 Å². The molecule has 0 radical (unpaired) electrons. The van der Waals surface area contributed by atoms with Crippen molar-refractivity contribution in [1.29, 1.82) is 0 Å². The molecule has 0 saturated carbocycles. The fourth-order valence-electron chi connectivity index (χ4n) is 3.95. The molecule has 1 amide bonds. The number of halogens is 2. The molecule has 0 fully saturated rings. The maximum absolute atomic E-state index is 13.3. The van der Waals surface area contributed by atoms with Crippen molar-refractivity contribution in [2.45, 2.75) is 51.2 Å². The molecule has 1 aromatic carbocycles. The molecular formula is C30H33F2N3O5. The van der Waals surface area contributed by atoms with E-state index in [-0.39, 0.29) is 18.2 Å². The van der Waals surface area contributed by atoms with E-state index in [9.17, 15) is 23.5 Å². The Morgan fingerprint density at radius 2 is 2.02 bits per heavy atom. The second-order valence-corrected chi connectivity index (χ2v) is 9.32. The third-order valence-corrected chi connectivity index (χ3v) is 6.07. The number of allylic oxidation sites excluding steroid dienone is 6. The fraction of sp³-hybridized carbons (Fsp3) is 0.300. The second-order valence-electron chi connectivity index (χ2n) is 9.32. The van der Waals surface area contributed by atoms with Crippen LogP contribution in [0.3, 0.4) is 0 Å². The number of carboxylic acid groups (broad SMARTS) is 1. The Balaban J connectivity index is 1.72. The highest BCUT2D eigenvalue weighted by Crippen LogP contribution is 2.28. The molecule has 8 nitrogen and oxygen atoms in total. The van der Waals surface area contributed by atoms with E-state index in [0.29, 0.717) is 48.4 Å². The molecule has 0 aromatic heterocycles. The van der Waals surface area contributed by atoms with Crippen LogP contribution in [0, 0.1) is 11.7 Å². The van der Waals surface area contributed by atoms with Crippen molar-refractivity contribution in [1.82, 2.24) is 5.48 Å². The van der Waals surface area contributed by atoms with Crippen molar-refractivity contribution in [2.75, 3.05) is 5.32 Å². The summed E-state index contributed by atoms with van der Waals surface area (Å²) in [7, 11) is 0. The average Bonchev–Trinajstić information content (AvgIpc) is 3.41. The number of carbonyl (C=O) groups excluding carboxylic acids is 1. The van der Waals surface area contributed by atoms with E-state index in [2.05, 4.69) is 15.8 Å². The monoisotopic (exact) mass is 553 g/mol. The topological polar surface area (TPSA) is 120 Å². The SMILES string of the molecule is CC(=C\C(=C/C=C/C(=O)Nc1ccc(F)cc1)C1C=C(C(O)C2C=CC(F)=CC2)ON1)/N=C/CCCCC(=O)O. The summed E-state index contributed by atoms with van der Waals surface area (Å²) in [5.74, 6) is -2.02. The van der Waals surface area contributed by atoms with Gasteiger partial charge in [-0.2, -0.15) is 0 Å². The molecule has 1 aromatic rings. The minimum absolute atomic E-state index is 0.117. The van der Waals surface area contributed by atoms with Crippen molar-refractivity contribution in [3.05, 3.63) is 102 Å². The van der Waals surface area contributed by atoms with Crippen LogP contribution in [-0.4, -0.2) is 40.4 Å². The predicted molar refractivity (Wildman–Crippen MR) is 149 cm³/mol. The summed E-state index contributed by atoms with van der Waals surface area (Å²) < 4.78 is 26.4. The Morgan fingerprint density at radius 1 is 1.25 bits per heavy atom. The first-order chi connectivity index (χ1) is 19.2. The highest BCUT2D eigenvalue weighted by atomic mass is 19.1. The van der Waals surface area contributed by atoms with Gasteiger partial charge in [0, 0.05) is 36.0 Å². The van der Waals surface area contributed by atoms with Crippen LogP contribution in [-0.2, 0) is 14.4 Å². The maximum Gasteiger partial charge on any atom is 0.303 e. The first-order valence-corrected chi connectivity index (χ1v) is 12.9. The third-order valence-electron chi connectivity index (χ3n) is 6.07. The summed E-state index contributed by atoms with van der Waals surface area (Å²) in [6.45, 7) is 1.80. The number of aliphatic hydroxyl groups excluding tert-OH is 1. The number of anilines is 1. The van der Waals surface area contributed by atoms with E-state index in [1.165, 1.54) is 42.5 Å². The minimum Gasteiger partial charge on any atom is -0.481 e. The molecule has 4 N–H and O–H groups in total. The minimum atomic E-state index is -0.981. The predicted octanol–water partition coefficient (Wildman–Crippen LogP) is 5.44. The standard InChI is InChI=1S/C30H33F2N3O5/c1-20(33-17-4-2-3-8-29(37)38)18-22(6-5-7-28(36)34-25-15-13-24(32)14-16-25)26-19-27(40-35-26)30(39)21-9-11-23(31)12-10-21/h5-7,9,11-19,21,26,30,35,39H,2-4,8,10H2,1H3,(H,34,36)(H,37,38)/b7-5+,20-18+,22-6+,33-17+. The molecule has 3 atom stereocenters. The van der Waals surface area contributed by atoms with Crippen LogP contribution in [0.2, 0.25) is 0 Å². The van der Waals surface area contributed by atoms with Crippen molar-refractivity contribution in [3.63, 3.8) is 0 Å². The van der Waals surface area contributed by atoms with Gasteiger partial charge in [0.1, 0.15) is 17.7 Å².